The van der Waals surface area contributed by atoms with Gasteiger partial charge in [-0.3, -0.25) is 0 Å². The van der Waals surface area contributed by atoms with Crippen molar-refractivity contribution < 1.29 is 9.47 Å². The van der Waals surface area contributed by atoms with Crippen LogP contribution in [-0.4, -0.2) is 38.5 Å². The molecule has 2 aliphatic heterocycles. The largest absolute Gasteiger partial charge is 0.376 e. The molecule has 66 valence electrons. The molecular formula is C7H14ClNO2. The first-order valence-corrected chi connectivity index (χ1v) is 3.84. The summed E-state index contributed by atoms with van der Waals surface area (Å²) >= 11 is 0. The second-order valence-corrected chi connectivity index (χ2v) is 3.01. The van der Waals surface area contributed by atoms with E-state index >= 15 is 0 Å². The Kier molecular flexibility index (Phi) is 3.13. The van der Waals surface area contributed by atoms with Gasteiger partial charge in [0.05, 0.1) is 19.8 Å². The van der Waals surface area contributed by atoms with Gasteiger partial charge in [-0.1, -0.05) is 0 Å². The van der Waals surface area contributed by atoms with Gasteiger partial charge in [0.15, 0.2) is 0 Å². The molecule has 0 radical (unpaired) electrons. The van der Waals surface area contributed by atoms with Gasteiger partial charge >= 0.3 is 0 Å². The van der Waals surface area contributed by atoms with Crippen LogP contribution in [0.3, 0.4) is 0 Å². The Morgan fingerprint density at radius 1 is 1.27 bits per heavy atom. The molecule has 2 heterocycles. The van der Waals surface area contributed by atoms with E-state index in [4.69, 9.17) is 9.47 Å². The Morgan fingerprint density at radius 2 is 2.18 bits per heavy atom. The molecule has 0 aliphatic carbocycles. The highest BCUT2D eigenvalue weighted by Crippen LogP contribution is 2.22. The SMILES string of the molecule is C1CC2(CN1)COCCO2.Cl. The molecule has 2 fully saturated rings. The Hall–Kier alpha value is 0.170. The van der Waals surface area contributed by atoms with Gasteiger partial charge in [-0.25, -0.2) is 0 Å². The molecule has 2 aliphatic rings. The van der Waals surface area contributed by atoms with Gasteiger partial charge in [0.25, 0.3) is 0 Å². The van der Waals surface area contributed by atoms with Gasteiger partial charge in [-0.05, 0) is 13.0 Å². The predicted octanol–water partition coefficient (Wildman–Crippen LogP) is 0.187. The van der Waals surface area contributed by atoms with Gasteiger partial charge in [0.2, 0.25) is 0 Å². The van der Waals surface area contributed by atoms with Gasteiger partial charge in [0.1, 0.15) is 5.60 Å². The molecule has 2 rings (SSSR count). The molecule has 1 N–H and O–H groups in total. The summed E-state index contributed by atoms with van der Waals surface area (Å²) in [5, 5.41) is 3.28. The van der Waals surface area contributed by atoms with Crippen molar-refractivity contribution in [2.45, 2.75) is 12.0 Å². The predicted molar refractivity (Wildman–Crippen MR) is 44.2 cm³/mol. The number of hydrogen-bond acceptors (Lipinski definition) is 3. The Morgan fingerprint density at radius 3 is 2.73 bits per heavy atom. The van der Waals surface area contributed by atoms with E-state index in [2.05, 4.69) is 5.32 Å². The highest BCUT2D eigenvalue weighted by molar-refractivity contribution is 5.85. The second kappa shape index (κ2) is 3.72. The Labute approximate surface area is 72.8 Å². The first kappa shape index (κ1) is 9.26. The first-order chi connectivity index (χ1) is 4.91. The topological polar surface area (TPSA) is 30.5 Å². The van der Waals surface area contributed by atoms with Crippen LogP contribution in [0.5, 0.6) is 0 Å². The van der Waals surface area contributed by atoms with E-state index in [0.29, 0.717) is 0 Å². The summed E-state index contributed by atoms with van der Waals surface area (Å²) in [7, 11) is 0. The van der Waals surface area contributed by atoms with Crippen LogP contribution >= 0.6 is 12.4 Å². The molecule has 11 heavy (non-hydrogen) atoms. The summed E-state index contributed by atoms with van der Waals surface area (Å²) < 4.78 is 11.0. The third kappa shape index (κ3) is 1.85. The smallest absolute Gasteiger partial charge is 0.105 e. The number of ether oxygens (including phenoxy) is 2. The Balaban J connectivity index is 0.000000605. The maximum atomic E-state index is 5.64. The molecule has 0 saturated carbocycles. The van der Waals surface area contributed by atoms with Crippen LogP contribution in [0, 0.1) is 0 Å². The average molecular weight is 180 g/mol. The van der Waals surface area contributed by atoms with Crippen LogP contribution in [0.1, 0.15) is 6.42 Å². The quantitative estimate of drug-likeness (QED) is 0.576. The van der Waals surface area contributed by atoms with E-state index in [1.807, 2.05) is 0 Å². The number of halogens is 1. The van der Waals surface area contributed by atoms with Crippen LogP contribution in [0.4, 0.5) is 0 Å². The molecular weight excluding hydrogens is 166 g/mol. The number of hydrogen-bond donors (Lipinski definition) is 1. The lowest BCUT2D eigenvalue weighted by atomic mass is 10.0. The molecule has 0 bridgehead atoms. The maximum Gasteiger partial charge on any atom is 0.105 e. The molecule has 0 aromatic heterocycles. The third-order valence-corrected chi connectivity index (χ3v) is 2.21. The molecule has 3 nitrogen and oxygen atoms in total. The van der Waals surface area contributed by atoms with E-state index in [0.717, 1.165) is 39.3 Å². The minimum atomic E-state index is 0. The van der Waals surface area contributed by atoms with E-state index < -0.39 is 0 Å². The van der Waals surface area contributed by atoms with Gasteiger partial charge in [-0.2, -0.15) is 0 Å². The number of nitrogens with one attached hydrogen (secondary N) is 1. The fourth-order valence-electron chi connectivity index (χ4n) is 1.58. The maximum absolute atomic E-state index is 5.64. The van der Waals surface area contributed by atoms with E-state index in [1.54, 1.807) is 0 Å². The lowest BCUT2D eigenvalue weighted by molar-refractivity contribution is -0.146. The van der Waals surface area contributed by atoms with Crippen molar-refractivity contribution in [1.82, 2.24) is 5.32 Å². The van der Waals surface area contributed by atoms with Gasteiger partial charge in [0, 0.05) is 6.54 Å². The fraction of sp³-hybridized carbons (Fsp3) is 1.00. The highest BCUT2D eigenvalue weighted by Gasteiger charge is 2.36. The molecule has 0 aromatic rings. The van der Waals surface area contributed by atoms with Crippen molar-refractivity contribution in [3.05, 3.63) is 0 Å². The second-order valence-electron chi connectivity index (χ2n) is 3.01. The van der Waals surface area contributed by atoms with Crippen LogP contribution in [0.25, 0.3) is 0 Å². The molecule has 0 aromatic carbocycles. The molecule has 1 unspecified atom stereocenters. The van der Waals surface area contributed by atoms with E-state index in [9.17, 15) is 0 Å². The molecule has 1 spiro atoms. The zero-order valence-corrected chi connectivity index (χ0v) is 7.28. The van der Waals surface area contributed by atoms with E-state index in [1.165, 1.54) is 0 Å². The van der Waals surface area contributed by atoms with Gasteiger partial charge < -0.3 is 14.8 Å². The van der Waals surface area contributed by atoms with Crippen molar-refractivity contribution in [1.29, 1.82) is 0 Å². The summed E-state index contributed by atoms with van der Waals surface area (Å²) in [5.74, 6) is 0. The van der Waals surface area contributed by atoms with Crippen LogP contribution in [-0.2, 0) is 9.47 Å². The van der Waals surface area contributed by atoms with Crippen molar-refractivity contribution in [3.63, 3.8) is 0 Å². The number of rotatable bonds is 0. The minimum Gasteiger partial charge on any atom is -0.376 e. The zero-order chi connectivity index (χ0) is 6.86. The van der Waals surface area contributed by atoms with Gasteiger partial charge in [-0.15, -0.1) is 12.4 Å². The normalized spacial score (nSPS) is 37.1. The summed E-state index contributed by atoms with van der Waals surface area (Å²) in [6.07, 6.45) is 1.10. The van der Waals surface area contributed by atoms with Crippen molar-refractivity contribution in [2.75, 3.05) is 32.9 Å². The summed E-state index contributed by atoms with van der Waals surface area (Å²) in [6.45, 7) is 4.35. The van der Waals surface area contributed by atoms with Crippen LogP contribution in [0.15, 0.2) is 0 Å². The fourth-order valence-corrected chi connectivity index (χ4v) is 1.58. The summed E-state index contributed by atoms with van der Waals surface area (Å²) in [6, 6.07) is 0. The lowest BCUT2D eigenvalue weighted by Crippen LogP contribution is -2.44. The lowest BCUT2D eigenvalue weighted by Gasteiger charge is -2.32. The zero-order valence-electron chi connectivity index (χ0n) is 6.47. The van der Waals surface area contributed by atoms with E-state index in [-0.39, 0.29) is 18.0 Å². The minimum absolute atomic E-state index is 0. The highest BCUT2D eigenvalue weighted by atomic mass is 35.5. The first-order valence-electron chi connectivity index (χ1n) is 3.84. The molecule has 1 atom stereocenters. The monoisotopic (exact) mass is 179 g/mol. The molecule has 4 heteroatoms. The van der Waals surface area contributed by atoms with Crippen molar-refractivity contribution >= 4 is 12.4 Å². The Bertz CT molecular complexity index is 118. The van der Waals surface area contributed by atoms with Crippen molar-refractivity contribution in [3.8, 4) is 0 Å². The van der Waals surface area contributed by atoms with Crippen molar-refractivity contribution in [2.24, 2.45) is 0 Å². The standard InChI is InChI=1S/C7H13NO2.ClH/c1-2-8-5-7(1)6-9-3-4-10-7;/h8H,1-6H2;1H. The molecule has 2 saturated heterocycles. The van der Waals surface area contributed by atoms with Crippen LogP contribution in [0.2, 0.25) is 0 Å². The summed E-state index contributed by atoms with van der Waals surface area (Å²) in [5.41, 5.74) is 0.0399. The van der Waals surface area contributed by atoms with Crippen LogP contribution < -0.4 is 5.32 Å². The summed E-state index contributed by atoms with van der Waals surface area (Å²) in [4.78, 5) is 0. The molecule has 0 amide bonds. The average Bonchev–Trinajstić information content (AvgIpc) is 2.39. The third-order valence-electron chi connectivity index (χ3n) is 2.21.